The average molecular weight is 349 g/mol. The number of aliphatic hydroxyl groups is 1. The van der Waals surface area contributed by atoms with Crippen LogP contribution in [0.1, 0.15) is 44.1 Å². The molecule has 130 valence electrons. The first-order valence-electron chi connectivity index (χ1n) is 8.77. The van der Waals surface area contributed by atoms with E-state index in [1.54, 1.807) is 0 Å². The summed E-state index contributed by atoms with van der Waals surface area (Å²) in [6.45, 7) is 0.806. The van der Waals surface area contributed by atoms with Crippen molar-refractivity contribution in [3.63, 3.8) is 0 Å². The van der Waals surface area contributed by atoms with Crippen LogP contribution in [-0.4, -0.2) is 36.1 Å². The topological polar surface area (TPSA) is 53.8 Å². The smallest absolute Gasteiger partial charge is 0.144 e. The average Bonchev–Trinajstić information content (AvgIpc) is 3.41. The highest BCUT2D eigenvalue weighted by molar-refractivity contribution is 6.30. The molecule has 2 aliphatic rings. The van der Waals surface area contributed by atoms with Gasteiger partial charge in [0.1, 0.15) is 12.7 Å². The molecule has 2 N–H and O–H groups in total. The van der Waals surface area contributed by atoms with Crippen LogP contribution in [0.2, 0.25) is 5.02 Å². The molecule has 0 aromatic heterocycles. The summed E-state index contributed by atoms with van der Waals surface area (Å²) < 4.78 is 0. The summed E-state index contributed by atoms with van der Waals surface area (Å²) in [5.41, 5.74) is 3.34. The van der Waals surface area contributed by atoms with Gasteiger partial charge < -0.3 is 15.3 Å². The maximum absolute atomic E-state index is 9.90. The Kier molecular flexibility index (Phi) is 6.30. The quantitative estimate of drug-likeness (QED) is 0.737. The van der Waals surface area contributed by atoms with Crippen LogP contribution >= 0.6 is 11.6 Å². The van der Waals surface area contributed by atoms with Gasteiger partial charge in [0, 0.05) is 17.6 Å². The number of hydrogen-bond donors (Lipinski definition) is 2. The first-order valence-corrected chi connectivity index (χ1v) is 9.15. The van der Waals surface area contributed by atoms with Crippen molar-refractivity contribution in [2.24, 2.45) is 5.16 Å². The van der Waals surface area contributed by atoms with E-state index in [1.807, 2.05) is 24.3 Å². The van der Waals surface area contributed by atoms with Crippen LogP contribution in [-0.2, 0) is 4.84 Å². The van der Waals surface area contributed by atoms with Crippen molar-refractivity contribution in [2.45, 2.75) is 50.7 Å². The van der Waals surface area contributed by atoms with Crippen molar-refractivity contribution in [3.05, 3.63) is 40.4 Å². The Labute approximate surface area is 148 Å². The van der Waals surface area contributed by atoms with Crippen LogP contribution in [0.15, 0.2) is 35.0 Å². The minimum atomic E-state index is -0.512. The number of benzene rings is 1. The lowest BCUT2D eigenvalue weighted by Crippen LogP contribution is -2.31. The molecule has 1 aromatic carbocycles. The fourth-order valence-electron chi connectivity index (χ4n) is 2.78. The van der Waals surface area contributed by atoms with Crippen molar-refractivity contribution in [2.75, 3.05) is 13.2 Å². The number of rotatable bonds is 7. The second kappa shape index (κ2) is 8.65. The molecule has 2 fully saturated rings. The molecule has 1 aromatic rings. The van der Waals surface area contributed by atoms with Gasteiger partial charge in [-0.05, 0) is 67.9 Å². The highest BCUT2D eigenvalue weighted by Crippen LogP contribution is 2.24. The highest BCUT2D eigenvalue weighted by atomic mass is 35.5. The third-order valence-corrected chi connectivity index (χ3v) is 4.60. The molecule has 5 heteroatoms. The Morgan fingerprint density at radius 1 is 1.25 bits per heavy atom. The summed E-state index contributed by atoms with van der Waals surface area (Å²) in [5.74, 6) is 0. The Morgan fingerprint density at radius 2 is 2.00 bits per heavy atom. The maximum Gasteiger partial charge on any atom is 0.144 e. The monoisotopic (exact) mass is 348 g/mol. The second-order valence-electron chi connectivity index (χ2n) is 6.60. The summed E-state index contributed by atoms with van der Waals surface area (Å²) in [6.07, 6.45) is 8.32. The van der Waals surface area contributed by atoms with Gasteiger partial charge in [-0.1, -0.05) is 28.9 Å². The number of hydrogen-bond acceptors (Lipinski definition) is 4. The Balaban J connectivity index is 1.55. The fourth-order valence-corrected chi connectivity index (χ4v) is 2.91. The lowest BCUT2D eigenvalue weighted by molar-refractivity contribution is 0.0398. The summed E-state index contributed by atoms with van der Waals surface area (Å²) in [7, 11) is 0. The molecule has 0 spiro atoms. The van der Waals surface area contributed by atoms with E-state index in [-0.39, 0.29) is 6.61 Å². The number of nitrogens with zero attached hydrogens (tertiary/aromatic N) is 1. The van der Waals surface area contributed by atoms with E-state index in [1.165, 1.54) is 24.8 Å². The van der Waals surface area contributed by atoms with Crippen LogP contribution < -0.4 is 5.32 Å². The van der Waals surface area contributed by atoms with Gasteiger partial charge in [-0.3, -0.25) is 0 Å². The molecule has 4 nitrogen and oxygen atoms in total. The van der Waals surface area contributed by atoms with Gasteiger partial charge in [-0.15, -0.1) is 0 Å². The molecule has 0 radical (unpaired) electrons. The van der Waals surface area contributed by atoms with Crippen LogP contribution in [0, 0.1) is 0 Å². The van der Waals surface area contributed by atoms with Crippen LogP contribution in [0.25, 0.3) is 6.08 Å². The third kappa shape index (κ3) is 5.62. The van der Waals surface area contributed by atoms with Gasteiger partial charge in [-0.25, -0.2) is 0 Å². The lowest BCUT2D eigenvalue weighted by Gasteiger charge is -2.17. The van der Waals surface area contributed by atoms with E-state index >= 15 is 0 Å². The normalized spacial score (nSPS) is 22.8. The predicted molar refractivity (Wildman–Crippen MR) is 98.3 cm³/mol. The van der Waals surface area contributed by atoms with E-state index in [2.05, 4.69) is 16.5 Å². The van der Waals surface area contributed by atoms with E-state index in [9.17, 15) is 5.11 Å². The predicted octanol–water partition coefficient (Wildman–Crippen LogP) is 3.78. The number of aliphatic hydroxyl groups excluding tert-OH is 1. The number of nitrogens with one attached hydrogen (secondary N) is 1. The molecule has 0 heterocycles. The van der Waals surface area contributed by atoms with E-state index in [0.717, 1.165) is 35.6 Å². The molecule has 1 unspecified atom stereocenters. The van der Waals surface area contributed by atoms with Crippen LogP contribution in [0.5, 0.6) is 0 Å². The van der Waals surface area contributed by atoms with Crippen molar-refractivity contribution < 1.29 is 9.94 Å². The minimum Gasteiger partial charge on any atom is -0.393 e. The van der Waals surface area contributed by atoms with Gasteiger partial charge in [-0.2, -0.15) is 0 Å². The van der Waals surface area contributed by atoms with Gasteiger partial charge >= 0.3 is 0 Å². The zero-order chi connectivity index (χ0) is 16.8. The summed E-state index contributed by atoms with van der Waals surface area (Å²) >= 11 is 5.94. The first kappa shape index (κ1) is 17.5. The third-order valence-electron chi connectivity index (χ3n) is 4.35. The Bertz CT molecular complexity index is 594. The molecule has 2 saturated carbocycles. The lowest BCUT2D eigenvalue weighted by atomic mass is 9.91. The van der Waals surface area contributed by atoms with Gasteiger partial charge in [0.2, 0.25) is 0 Å². The van der Waals surface area contributed by atoms with E-state index < -0.39 is 6.10 Å². The Morgan fingerprint density at radius 3 is 2.75 bits per heavy atom. The minimum absolute atomic E-state index is 0.234. The van der Waals surface area contributed by atoms with Crippen molar-refractivity contribution in [3.8, 4) is 0 Å². The van der Waals surface area contributed by atoms with Crippen molar-refractivity contribution >= 4 is 23.4 Å². The fraction of sp³-hybridized carbons (Fsp3) is 0.526. The molecule has 0 amide bonds. The largest absolute Gasteiger partial charge is 0.393 e. The van der Waals surface area contributed by atoms with E-state index in [4.69, 9.17) is 16.4 Å². The zero-order valence-corrected chi connectivity index (χ0v) is 14.6. The number of halogens is 1. The van der Waals surface area contributed by atoms with Crippen molar-refractivity contribution in [1.82, 2.24) is 5.32 Å². The zero-order valence-electron chi connectivity index (χ0n) is 13.9. The summed E-state index contributed by atoms with van der Waals surface area (Å²) in [4.78, 5) is 5.41. The van der Waals surface area contributed by atoms with Crippen molar-refractivity contribution in [1.29, 1.82) is 0 Å². The molecule has 24 heavy (non-hydrogen) atoms. The van der Waals surface area contributed by atoms with E-state index in [0.29, 0.717) is 12.6 Å². The molecule has 2 aliphatic carbocycles. The molecule has 3 rings (SSSR count). The number of allylic oxidation sites excluding steroid dienone is 1. The molecule has 0 saturated heterocycles. The SMILES string of the molecule is OC(CNC1CC1)CO/N=C1\CCCC\C1=C/c1ccc(Cl)cc1. The summed E-state index contributed by atoms with van der Waals surface area (Å²) in [6, 6.07) is 8.41. The molecule has 1 atom stereocenters. The highest BCUT2D eigenvalue weighted by Gasteiger charge is 2.21. The first-order chi connectivity index (χ1) is 11.7. The standard InChI is InChI=1S/C19H25ClN2O2/c20-16-7-5-14(6-8-16)11-15-3-1-2-4-19(15)22-24-13-18(23)12-21-17-9-10-17/h5-8,11,17-18,21,23H,1-4,9-10,12-13H2/b15-11+,22-19+. The van der Waals surface area contributed by atoms with Gasteiger partial charge in [0.25, 0.3) is 0 Å². The second-order valence-corrected chi connectivity index (χ2v) is 7.03. The molecule has 0 bridgehead atoms. The molecule has 0 aliphatic heterocycles. The van der Waals surface area contributed by atoms with Gasteiger partial charge in [0.15, 0.2) is 0 Å². The Hall–Kier alpha value is -1.36. The number of oxime groups is 1. The molecular formula is C19H25ClN2O2. The molecular weight excluding hydrogens is 324 g/mol. The maximum atomic E-state index is 9.90. The van der Waals surface area contributed by atoms with Crippen LogP contribution in [0.4, 0.5) is 0 Å². The summed E-state index contributed by atoms with van der Waals surface area (Å²) in [5, 5.41) is 18.2. The van der Waals surface area contributed by atoms with Crippen LogP contribution in [0.3, 0.4) is 0 Å². The van der Waals surface area contributed by atoms with Gasteiger partial charge in [0.05, 0.1) is 5.71 Å².